The molecule has 0 N–H and O–H groups in total. The summed E-state index contributed by atoms with van der Waals surface area (Å²) < 4.78 is 0. The highest BCUT2D eigenvalue weighted by Gasteiger charge is 2.44. The van der Waals surface area contributed by atoms with Crippen molar-refractivity contribution < 1.29 is 0 Å². The predicted molar refractivity (Wildman–Crippen MR) is 55.9 cm³/mol. The van der Waals surface area contributed by atoms with Gasteiger partial charge < -0.3 is 4.90 Å². The summed E-state index contributed by atoms with van der Waals surface area (Å²) in [4.78, 5) is 5.15. The SMILES string of the molecule is CN1CCC[C@@]2(C)[C@H]1CCCN2C. The predicted octanol–water partition coefficient (Wildman–Crippen LogP) is 1.56. The third kappa shape index (κ3) is 1.40. The van der Waals surface area contributed by atoms with Gasteiger partial charge in [0, 0.05) is 11.6 Å². The topological polar surface area (TPSA) is 6.48 Å². The normalized spacial score (nSPS) is 43.2. The zero-order chi connectivity index (χ0) is 9.47. The number of fused-ring (bicyclic) bond motifs is 1. The zero-order valence-corrected chi connectivity index (χ0v) is 9.21. The molecule has 0 saturated carbocycles. The molecular weight excluding hydrogens is 160 g/mol. The molecule has 2 rings (SSSR count). The summed E-state index contributed by atoms with van der Waals surface area (Å²) >= 11 is 0. The van der Waals surface area contributed by atoms with Crippen LogP contribution in [0.25, 0.3) is 0 Å². The molecule has 2 atom stereocenters. The summed E-state index contributed by atoms with van der Waals surface area (Å²) in [7, 11) is 4.59. The van der Waals surface area contributed by atoms with Gasteiger partial charge >= 0.3 is 0 Å². The van der Waals surface area contributed by atoms with Crippen LogP contribution in [-0.4, -0.2) is 48.6 Å². The number of likely N-dealkylation sites (N-methyl/N-ethyl adjacent to an activating group) is 2. The van der Waals surface area contributed by atoms with Crippen molar-refractivity contribution in [1.29, 1.82) is 0 Å². The number of hydrogen-bond donors (Lipinski definition) is 0. The maximum atomic E-state index is 2.58. The van der Waals surface area contributed by atoms with Gasteiger partial charge in [-0.1, -0.05) is 0 Å². The van der Waals surface area contributed by atoms with E-state index in [9.17, 15) is 0 Å². The average molecular weight is 182 g/mol. The molecule has 2 nitrogen and oxygen atoms in total. The number of piperidine rings is 2. The molecule has 76 valence electrons. The van der Waals surface area contributed by atoms with Crippen molar-refractivity contribution in [1.82, 2.24) is 9.80 Å². The largest absolute Gasteiger partial charge is 0.302 e. The Bertz CT molecular complexity index is 193. The zero-order valence-electron chi connectivity index (χ0n) is 9.21. The van der Waals surface area contributed by atoms with Gasteiger partial charge in [-0.05, 0) is 59.8 Å². The van der Waals surface area contributed by atoms with Crippen molar-refractivity contribution in [2.45, 2.75) is 44.2 Å². The average Bonchev–Trinajstić information content (AvgIpc) is 2.08. The fraction of sp³-hybridized carbons (Fsp3) is 1.00. The van der Waals surface area contributed by atoms with E-state index in [0.717, 1.165) is 6.04 Å². The third-order valence-electron chi connectivity index (χ3n) is 4.29. The monoisotopic (exact) mass is 182 g/mol. The molecule has 0 aromatic carbocycles. The second kappa shape index (κ2) is 3.25. The Kier molecular flexibility index (Phi) is 2.37. The summed E-state index contributed by atoms with van der Waals surface area (Å²) in [6.07, 6.45) is 5.53. The lowest BCUT2D eigenvalue weighted by atomic mass is 9.77. The van der Waals surface area contributed by atoms with Crippen LogP contribution >= 0.6 is 0 Å². The summed E-state index contributed by atoms with van der Waals surface area (Å²) in [5.41, 5.74) is 0.464. The lowest BCUT2D eigenvalue weighted by Gasteiger charge is -2.54. The van der Waals surface area contributed by atoms with Gasteiger partial charge in [0.25, 0.3) is 0 Å². The van der Waals surface area contributed by atoms with E-state index in [1.165, 1.54) is 38.8 Å². The van der Waals surface area contributed by atoms with Gasteiger partial charge in [-0.2, -0.15) is 0 Å². The molecule has 0 aromatic rings. The van der Waals surface area contributed by atoms with Gasteiger partial charge in [-0.3, -0.25) is 4.90 Å². The molecule has 2 heterocycles. The van der Waals surface area contributed by atoms with Crippen molar-refractivity contribution in [3.8, 4) is 0 Å². The second-order valence-corrected chi connectivity index (χ2v) is 5.02. The van der Waals surface area contributed by atoms with Crippen LogP contribution in [0.3, 0.4) is 0 Å². The van der Waals surface area contributed by atoms with Crippen molar-refractivity contribution >= 4 is 0 Å². The quantitative estimate of drug-likeness (QED) is 0.561. The van der Waals surface area contributed by atoms with Gasteiger partial charge in [-0.15, -0.1) is 0 Å². The maximum Gasteiger partial charge on any atom is 0.0333 e. The fourth-order valence-electron chi connectivity index (χ4n) is 3.24. The van der Waals surface area contributed by atoms with Crippen LogP contribution in [0, 0.1) is 0 Å². The highest BCUT2D eigenvalue weighted by Crippen LogP contribution is 2.37. The third-order valence-corrected chi connectivity index (χ3v) is 4.29. The maximum absolute atomic E-state index is 2.58. The van der Waals surface area contributed by atoms with Gasteiger partial charge in [0.2, 0.25) is 0 Å². The van der Waals surface area contributed by atoms with Gasteiger partial charge in [0.15, 0.2) is 0 Å². The minimum Gasteiger partial charge on any atom is -0.302 e. The molecule has 0 spiro atoms. The first-order chi connectivity index (χ1) is 6.14. The summed E-state index contributed by atoms with van der Waals surface area (Å²) in [6.45, 7) is 5.04. The fourth-order valence-corrected chi connectivity index (χ4v) is 3.24. The first kappa shape index (κ1) is 9.47. The number of nitrogens with zero attached hydrogens (tertiary/aromatic N) is 2. The Balaban J connectivity index is 2.19. The summed E-state index contributed by atoms with van der Waals surface area (Å²) in [5, 5.41) is 0. The van der Waals surface area contributed by atoms with E-state index in [4.69, 9.17) is 0 Å². The number of rotatable bonds is 0. The summed E-state index contributed by atoms with van der Waals surface area (Å²) in [6, 6.07) is 0.806. The van der Waals surface area contributed by atoms with E-state index in [1.54, 1.807) is 0 Å². The molecule has 0 aromatic heterocycles. The van der Waals surface area contributed by atoms with E-state index in [1.807, 2.05) is 0 Å². The molecule has 2 aliphatic rings. The Hall–Kier alpha value is -0.0800. The van der Waals surface area contributed by atoms with E-state index in [0.29, 0.717) is 5.54 Å². The molecule has 2 aliphatic heterocycles. The van der Waals surface area contributed by atoms with Crippen molar-refractivity contribution in [2.75, 3.05) is 27.2 Å². The van der Waals surface area contributed by atoms with Crippen LogP contribution < -0.4 is 0 Å². The standard InChI is InChI=1S/C11H22N2/c1-11-7-5-8-12(2)10(11)6-4-9-13(11)3/h10H,4-9H2,1-3H3/t10-,11+/m1/s1. The molecule has 2 fully saturated rings. The van der Waals surface area contributed by atoms with Crippen LogP contribution in [0.4, 0.5) is 0 Å². The van der Waals surface area contributed by atoms with Gasteiger partial charge in [0.1, 0.15) is 0 Å². The van der Waals surface area contributed by atoms with Crippen LogP contribution in [-0.2, 0) is 0 Å². The summed E-state index contributed by atoms with van der Waals surface area (Å²) in [5.74, 6) is 0. The first-order valence-corrected chi connectivity index (χ1v) is 5.56. The molecular formula is C11H22N2. The van der Waals surface area contributed by atoms with E-state index < -0.39 is 0 Å². The van der Waals surface area contributed by atoms with Gasteiger partial charge in [0.05, 0.1) is 0 Å². The highest BCUT2D eigenvalue weighted by atomic mass is 15.3. The first-order valence-electron chi connectivity index (χ1n) is 5.56. The van der Waals surface area contributed by atoms with Crippen molar-refractivity contribution in [3.05, 3.63) is 0 Å². The van der Waals surface area contributed by atoms with E-state index in [-0.39, 0.29) is 0 Å². The Morgan fingerprint density at radius 2 is 1.92 bits per heavy atom. The van der Waals surface area contributed by atoms with Crippen LogP contribution in [0.5, 0.6) is 0 Å². The minimum atomic E-state index is 0.464. The molecule has 0 radical (unpaired) electrons. The lowest BCUT2D eigenvalue weighted by molar-refractivity contribution is -0.0344. The molecule has 0 aliphatic carbocycles. The number of likely N-dealkylation sites (tertiary alicyclic amines) is 2. The lowest BCUT2D eigenvalue weighted by Crippen LogP contribution is -2.64. The van der Waals surface area contributed by atoms with Gasteiger partial charge in [-0.25, -0.2) is 0 Å². The molecule has 0 unspecified atom stereocenters. The minimum absolute atomic E-state index is 0.464. The Labute approximate surface area is 81.9 Å². The van der Waals surface area contributed by atoms with E-state index in [2.05, 4.69) is 30.8 Å². The Morgan fingerprint density at radius 3 is 2.62 bits per heavy atom. The number of hydrogen-bond acceptors (Lipinski definition) is 2. The molecule has 0 amide bonds. The van der Waals surface area contributed by atoms with Crippen LogP contribution in [0.2, 0.25) is 0 Å². The highest BCUT2D eigenvalue weighted by molar-refractivity contribution is 5.02. The Morgan fingerprint density at radius 1 is 1.15 bits per heavy atom. The second-order valence-electron chi connectivity index (χ2n) is 5.02. The van der Waals surface area contributed by atoms with Crippen LogP contribution in [0.1, 0.15) is 32.6 Å². The molecule has 13 heavy (non-hydrogen) atoms. The van der Waals surface area contributed by atoms with Crippen LogP contribution in [0.15, 0.2) is 0 Å². The molecule has 0 bridgehead atoms. The smallest absolute Gasteiger partial charge is 0.0333 e. The van der Waals surface area contributed by atoms with Crippen molar-refractivity contribution in [2.24, 2.45) is 0 Å². The van der Waals surface area contributed by atoms with E-state index >= 15 is 0 Å². The molecule has 2 saturated heterocycles. The molecule has 2 heteroatoms. The van der Waals surface area contributed by atoms with Crippen molar-refractivity contribution in [3.63, 3.8) is 0 Å².